The van der Waals surface area contributed by atoms with Crippen LogP contribution in [0.5, 0.6) is 0 Å². The van der Waals surface area contributed by atoms with Gasteiger partial charge in [-0.3, -0.25) is 0 Å². The molecule has 6 N–H and O–H groups in total. The van der Waals surface area contributed by atoms with Gasteiger partial charge < -0.3 is 27.0 Å². The van der Waals surface area contributed by atoms with Crippen LogP contribution in [-0.4, -0.2) is 38.1 Å². The Balaban J connectivity index is 2.56. The summed E-state index contributed by atoms with van der Waals surface area (Å²) in [6, 6.07) is 3.83. The molecule has 21 heavy (non-hydrogen) atoms. The molecule has 0 aromatic heterocycles. The van der Waals surface area contributed by atoms with E-state index in [2.05, 4.69) is 10.6 Å². The average Bonchev–Trinajstić information content (AvgIpc) is 2.43. The van der Waals surface area contributed by atoms with Crippen molar-refractivity contribution in [3.05, 3.63) is 23.3 Å². The van der Waals surface area contributed by atoms with E-state index in [1.165, 1.54) is 0 Å². The molecular weight excluding hydrogens is 266 g/mol. The van der Waals surface area contributed by atoms with Gasteiger partial charge in [-0.2, -0.15) is 0 Å². The molecule has 118 valence electrons. The summed E-state index contributed by atoms with van der Waals surface area (Å²) in [7, 11) is 3.98. The molecule has 0 bridgehead atoms. The highest BCUT2D eigenvalue weighted by molar-refractivity contribution is 5.74. The van der Waals surface area contributed by atoms with Crippen LogP contribution in [0.25, 0.3) is 0 Å². The molecule has 1 rings (SSSR count). The molecule has 0 heterocycles. The van der Waals surface area contributed by atoms with E-state index in [0.29, 0.717) is 30.9 Å². The zero-order valence-electron chi connectivity index (χ0n) is 13.2. The van der Waals surface area contributed by atoms with Crippen LogP contribution in [0.1, 0.15) is 24.5 Å². The van der Waals surface area contributed by atoms with Gasteiger partial charge in [0.1, 0.15) is 0 Å². The summed E-state index contributed by atoms with van der Waals surface area (Å²) in [5.41, 5.74) is 15.4. The number of nitrogens with zero attached hydrogens (tertiary/aromatic N) is 1. The summed E-state index contributed by atoms with van der Waals surface area (Å²) in [6.07, 6.45) is 1.59. The quantitative estimate of drug-likeness (QED) is 0.567. The normalized spacial score (nSPS) is 10.7. The maximum absolute atomic E-state index is 11.4. The molecule has 0 unspecified atom stereocenters. The number of carbonyl (C=O) groups is 1. The number of hydrogen-bond acceptors (Lipinski definition) is 4. The third-order valence-corrected chi connectivity index (χ3v) is 3.17. The lowest BCUT2D eigenvalue weighted by atomic mass is 10.0. The second-order valence-electron chi connectivity index (χ2n) is 5.38. The molecule has 0 atom stereocenters. The number of carbonyl (C=O) groups excluding carboxylic acids is 1. The SMILES string of the molecule is CCCNC(=O)NCCc1ccc(CN(C)C)c(N)c1N. The Labute approximate surface area is 126 Å². The van der Waals surface area contributed by atoms with E-state index in [1.54, 1.807) is 0 Å². The smallest absolute Gasteiger partial charge is 0.314 e. The minimum absolute atomic E-state index is 0.146. The molecule has 6 nitrogen and oxygen atoms in total. The summed E-state index contributed by atoms with van der Waals surface area (Å²) in [6.45, 7) is 3.99. The number of urea groups is 1. The van der Waals surface area contributed by atoms with E-state index in [4.69, 9.17) is 11.5 Å². The Hall–Kier alpha value is -1.95. The Morgan fingerprint density at radius 3 is 2.29 bits per heavy atom. The molecule has 0 saturated heterocycles. The van der Waals surface area contributed by atoms with Crippen LogP contribution in [-0.2, 0) is 13.0 Å². The first-order valence-corrected chi connectivity index (χ1v) is 7.27. The molecular formula is C15H27N5O. The molecule has 1 aromatic rings. The van der Waals surface area contributed by atoms with Gasteiger partial charge in [-0.1, -0.05) is 19.1 Å². The summed E-state index contributed by atoms with van der Waals surface area (Å²) >= 11 is 0. The number of nitrogens with two attached hydrogens (primary N) is 2. The van der Waals surface area contributed by atoms with Gasteiger partial charge in [0.25, 0.3) is 0 Å². The molecule has 0 radical (unpaired) electrons. The van der Waals surface area contributed by atoms with E-state index >= 15 is 0 Å². The minimum atomic E-state index is -0.146. The minimum Gasteiger partial charge on any atom is -0.397 e. The van der Waals surface area contributed by atoms with Crippen molar-refractivity contribution < 1.29 is 4.79 Å². The van der Waals surface area contributed by atoms with Gasteiger partial charge in [-0.05, 0) is 38.1 Å². The van der Waals surface area contributed by atoms with Crippen molar-refractivity contribution in [2.45, 2.75) is 26.3 Å². The lowest BCUT2D eigenvalue weighted by molar-refractivity contribution is 0.241. The van der Waals surface area contributed by atoms with Gasteiger partial charge in [-0.25, -0.2) is 4.79 Å². The van der Waals surface area contributed by atoms with Crippen molar-refractivity contribution in [3.8, 4) is 0 Å². The van der Waals surface area contributed by atoms with Crippen LogP contribution in [0.15, 0.2) is 12.1 Å². The van der Waals surface area contributed by atoms with Crippen molar-refractivity contribution in [1.29, 1.82) is 0 Å². The summed E-state index contributed by atoms with van der Waals surface area (Å²) in [5.74, 6) is 0. The predicted molar refractivity (Wildman–Crippen MR) is 88.1 cm³/mol. The highest BCUT2D eigenvalue weighted by atomic mass is 16.2. The number of amides is 2. The maximum atomic E-state index is 11.4. The first kappa shape index (κ1) is 17.1. The molecule has 6 heteroatoms. The molecule has 2 amide bonds. The van der Waals surface area contributed by atoms with Crippen molar-refractivity contribution in [3.63, 3.8) is 0 Å². The highest BCUT2D eigenvalue weighted by Crippen LogP contribution is 2.25. The van der Waals surface area contributed by atoms with E-state index < -0.39 is 0 Å². The third kappa shape index (κ3) is 5.51. The first-order chi connectivity index (χ1) is 9.95. The lowest BCUT2D eigenvalue weighted by Gasteiger charge is -2.16. The molecule has 0 aliphatic rings. The van der Waals surface area contributed by atoms with Gasteiger partial charge in [0, 0.05) is 19.6 Å². The predicted octanol–water partition coefficient (Wildman–Crippen LogP) is 1.16. The molecule has 0 aliphatic carbocycles. The Bertz CT molecular complexity index is 473. The van der Waals surface area contributed by atoms with Crippen molar-refractivity contribution in [2.75, 3.05) is 38.7 Å². The topological polar surface area (TPSA) is 96.4 Å². The van der Waals surface area contributed by atoms with E-state index in [0.717, 1.165) is 24.1 Å². The molecule has 1 aromatic carbocycles. The first-order valence-electron chi connectivity index (χ1n) is 7.27. The molecule has 0 spiro atoms. The van der Waals surface area contributed by atoms with Crippen LogP contribution in [0.2, 0.25) is 0 Å². The number of benzene rings is 1. The Morgan fingerprint density at radius 1 is 1.10 bits per heavy atom. The van der Waals surface area contributed by atoms with Crippen molar-refractivity contribution in [1.82, 2.24) is 15.5 Å². The van der Waals surface area contributed by atoms with Crippen LogP contribution in [0, 0.1) is 0 Å². The number of hydrogen-bond donors (Lipinski definition) is 4. The van der Waals surface area contributed by atoms with Crippen LogP contribution in [0.4, 0.5) is 16.2 Å². The average molecular weight is 293 g/mol. The number of nitrogen functional groups attached to an aromatic ring is 2. The fraction of sp³-hybridized carbons (Fsp3) is 0.533. The largest absolute Gasteiger partial charge is 0.397 e. The fourth-order valence-corrected chi connectivity index (χ4v) is 2.03. The van der Waals surface area contributed by atoms with Crippen molar-refractivity contribution >= 4 is 17.4 Å². The number of nitrogens with one attached hydrogen (secondary N) is 2. The fourth-order valence-electron chi connectivity index (χ4n) is 2.03. The van der Waals surface area contributed by atoms with E-state index in [9.17, 15) is 4.79 Å². The third-order valence-electron chi connectivity index (χ3n) is 3.17. The lowest BCUT2D eigenvalue weighted by Crippen LogP contribution is -2.37. The highest BCUT2D eigenvalue weighted by Gasteiger charge is 2.09. The Kier molecular flexibility index (Phi) is 6.81. The summed E-state index contributed by atoms with van der Waals surface area (Å²) < 4.78 is 0. The van der Waals surface area contributed by atoms with Crippen LogP contribution in [0.3, 0.4) is 0 Å². The van der Waals surface area contributed by atoms with Gasteiger partial charge in [-0.15, -0.1) is 0 Å². The molecule has 0 aliphatic heterocycles. The van der Waals surface area contributed by atoms with Gasteiger partial charge in [0.2, 0.25) is 0 Å². The second-order valence-corrected chi connectivity index (χ2v) is 5.38. The second kappa shape index (κ2) is 8.36. The zero-order chi connectivity index (χ0) is 15.8. The van der Waals surface area contributed by atoms with Crippen molar-refractivity contribution in [2.24, 2.45) is 0 Å². The number of anilines is 2. The van der Waals surface area contributed by atoms with Gasteiger partial charge >= 0.3 is 6.03 Å². The van der Waals surface area contributed by atoms with Gasteiger partial charge in [0.05, 0.1) is 11.4 Å². The van der Waals surface area contributed by atoms with Crippen LogP contribution >= 0.6 is 0 Å². The van der Waals surface area contributed by atoms with E-state index in [-0.39, 0.29) is 6.03 Å². The summed E-state index contributed by atoms with van der Waals surface area (Å²) in [5, 5.41) is 5.57. The maximum Gasteiger partial charge on any atom is 0.314 e. The van der Waals surface area contributed by atoms with Gasteiger partial charge in [0.15, 0.2) is 0 Å². The summed E-state index contributed by atoms with van der Waals surface area (Å²) in [4.78, 5) is 13.5. The number of rotatable bonds is 7. The van der Waals surface area contributed by atoms with E-state index in [1.807, 2.05) is 38.1 Å². The molecule has 0 fully saturated rings. The molecule has 0 saturated carbocycles. The zero-order valence-corrected chi connectivity index (χ0v) is 13.2. The Morgan fingerprint density at radius 2 is 1.67 bits per heavy atom. The monoisotopic (exact) mass is 293 g/mol. The standard InChI is InChI=1S/C15H27N5O/c1-4-8-18-15(21)19-9-7-11-5-6-12(10-20(2)3)14(17)13(11)16/h5-6H,4,7-10,16-17H2,1-3H3,(H2,18,19,21). The van der Waals surface area contributed by atoms with Crippen LogP contribution < -0.4 is 22.1 Å².